The van der Waals surface area contributed by atoms with Gasteiger partial charge in [0.25, 0.3) is 0 Å². The van der Waals surface area contributed by atoms with E-state index >= 15 is 0 Å². The summed E-state index contributed by atoms with van der Waals surface area (Å²) < 4.78 is 2.17. The third-order valence-corrected chi connectivity index (χ3v) is 4.40. The monoisotopic (exact) mass is 352 g/mol. The number of nitrogens with zero attached hydrogens (tertiary/aromatic N) is 1. The van der Waals surface area contributed by atoms with Gasteiger partial charge >= 0.3 is 17.1 Å². The largest absolute Gasteiger partial charge is 0.481 e. The number of aromatic nitrogens is 2. The Morgan fingerprint density at radius 2 is 2.19 bits per heavy atom. The zero-order chi connectivity index (χ0) is 15.3. The van der Waals surface area contributed by atoms with E-state index in [1.54, 1.807) is 6.07 Å². The van der Waals surface area contributed by atoms with Crippen LogP contribution < -0.4 is 11.1 Å². The van der Waals surface area contributed by atoms with Crippen molar-refractivity contribution >= 4 is 32.9 Å². The third-order valence-electron chi connectivity index (χ3n) is 3.94. The maximum absolute atomic E-state index is 12.2. The Labute approximate surface area is 127 Å². The molecule has 0 unspecified atom stereocenters. The van der Waals surface area contributed by atoms with Crippen molar-refractivity contribution in [3.05, 3.63) is 42.9 Å². The van der Waals surface area contributed by atoms with Gasteiger partial charge in [-0.3, -0.25) is 19.0 Å². The molecule has 110 valence electrons. The topological polar surface area (TPSA) is 92.2 Å². The van der Waals surface area contributed by atoms with Gasteiger partial charge in [0.15, 0.2) is 0 Å². The Hall–Kier alpha value is -1.89. The quantitative estimate of drug-likeness (QED) is 0.808. The Balaban J connectivity index is 2.43. The van der Waals surface area contributed by atoms with Crippen LogP contribution >= 0.6 is 15.9 Å². The lowest BCUT2D eigenvalue weighted by Crippen LogP contribution is -2.41. The van der Waals surface area contributed by atoms with Crippen LogP contribution in [0.3, 0.4) is 0 Å². The third kappa shape index (κ3) is 2.21. The second-order valence-electron chi connectivity index (χ2n) is 5.41. The van der Waals surface area contributed by atoms with Gasteiger partial charge in [-0.2, -0.15) is 0 Å². The summed E-state index contributed by atoms with van der Waals surface area (Å²) in [7, 11) is 0. The van der Waals surface area contributed by atoms with Crippen LogP contribution in [0.5, 0.6) is 0 Å². The summed E-state index contributed by atoms with van der Waals surface area (Å²) >= 11 is 3.40. The maximum Gasteiger partial charge on any atom is 0.317 e. The predicted octanol–water partition coefficient (Wildman–Crippen LogP) is 1.98. The number of hydrogen-bond donors (Lipinski definition) is 2. The van der Waals surface area contributed by atoms with Crippen molar-refractivity contribution in [1.82, 2.24) is 9.55 Å². The Bertz CT molecular complexity index is 868. The number of carbonyl (C=O) groups is 1. The lowest BCUT2D eigenvalue weighted by molar-refractivity contribution is -0.138. The standard InChI is InChI=1S/C14H13BrN2O4/c1-6-2-8(5-11(18)19)17-12-9(6)3-7(15)4-10(12)16-13(20)14(17)21/h3-4,6,8H,2,5H2,1H3,(H,16,20)(H,18,19)/t6-,8+/m1/s1. The first-order chi connectivity index (χ1) is 9.88. The van der Waals surface area contributed by atoms with E-state index in [4.69, 9.17) is 5.11 Å². The second-order valence-corrected chi connectivity index (χ2v) is 6.32. The lowest BCUT2D eigenvalue weighted by Gasteiger charge is -2.30. The highest BCUT2D eigenvalue weighted by Crippen LogP contribution is 2.38. The number of H-pyrrole nitrogens is 1. The average Bonchev–Trinajstić information content (AvgIpc) is 2.37. The first-order valence-electron chi connectivity index (χ1n) is 6.58. The molecule has 0 saturated carbocycles. The molecule has 1 aliphatic heterocycles. The van der Waals surface area contributed by atoms with Crippen molar-refractivity contribution in [1.29, 1.82) is 0 Å². The normalized spacial score (nSPS) is 20.7. The lowest BCUT2D eigenvalue weighted by atomic mass is 9.87. The van der Waals surface area contributed by atoms with Crippen molar-refractivity contribution in [2.75, 3.05) is 0 Å². The molecule has 1 aromatic heterocycles. The molecule has 2 aromatic rings. The zero-order valence-electron chi connectivity index (χ0n) is 11.2. The van der Waals surface area contributed by atoms with Gasteiger partial charge < -0.3 is 10.1 Å². The number of benzene rings is 1. The van der Waals surface area contributed by atoms with Gasteiger partial charge in [0.1, 0.15) is 0 Å². The van der Waals surface area contributed by atoms with E-state index in [-0.39, 0.29) is 12.3 Å². The minimum Gasteiger partial charge on any atom is -0.481 e. The average molecular weight is 353 g/mol. The molecular weight excluding hydrogens is 340 g/mol. The SMILES string of the molecule is C[C@@H]1C[C@@H](CC(=O)O)n2c(=O)c(=O)[nH]c3cc(Br)cc1c32. The van der Waals surface area contributed by atoms with Crippen LogP contribution in [0.25, 0.3) is 11.0 Å². The fourth-order valence-corrected chi connectivity index (χ4v) is 3.59. The molecule has 1 aromatic carbocycles. The molecule has 0 amide bonds. The van der Waals surface area contributed by atoms with Crippen molar-refractivity contribution < 1.29 is 9.90 Å². The Morgan fingerprint density at radius 1 is 1.48 bits per heavy atom. The van der Waals surface area contributed by atoms with Crippen molar-refractivity contribution in [2.45, 2.75) is 31.7 Å². The number of rotatable bonds is 2. The van der Waals surface area contributed by atoms with Crippen LogP contribution in [-0.2, 0) is 4.79 Å². The predicted molar refractivity (Wildman–Crippen MR) is 80.9 cm³/mol. The van der Waals surface area contributed by atoms with Gasteiger partial charge in [0.05, 0.1) is 17.5 Å². The van der Waals surface area contributed by atoms with Crippen LogP contribution in [0.4, 0.5) is 0 Å². The van der Waals surface area contributed by atoms with Crippen LogP contribution in [0, 0.1) is 0 Å². The highest BCUT2D eigenvalue weighted by molar-refractivity contribution is 9.10. The number of carboxylic acids is 1. The zero-order valence-corrected chi connectivity index (χ0v) is 12.8. The number of aliphatic carboxylic acids is 1. The van der Waals surface area contributed by atoms with Gasteiger partial charge in [0.2, 0.25) is 0 Å². The molecule has 2 heterocycles. The molecule has 21 heavy (non-hydrogen) atoms. The summed E-state index contributed by atoms with van der Waals surface area (Å²) in [6.07, 6.45) is 0.354. The van der Waals surface area contributed by atoms with Crippen molar-refractivity contribution in [3.63, 3.8) is 0 Å². The number of aromatic amines is 1. The fraction of sp³-hybridized carbons (Fsp3) is 0.357. The maximum atomic E-state index is 12.2. The minimum absolute atomic E-state index is 0.111. The van der Waals surface area contributed by atoms with Crippen LogP contribution in [-0.4, -0.2) is 20.6 Å². The van der Waals surface area contributed by atoms with E-state index < -0.39 is 23.1 Å². The van der Waals surface area contributed by atoms with Crippen LogP contribution in [0.1, 0.15) is 37.3 Å². The Kier molecular flexibility index (Phi) is 3.24. The van der Waals surface area contributed by atoms with E-state index in [0.29, 0.717) is 17.5 Å². The summed E-state index contributed by atoms with van der Waals surface area (Å²) in [5.41, 5.74) is 0.703. The van der Waals surface area contributed by atoms with Crippen LogP contribution in [0.2, 0.25) is 0 Å². The fourth-order valence-electron chi connectivity index (χ4n) is 3.11. The summed E-state index contributed by atoms with van der Waals surface area (Å²) in [5, 5.41) is 9.05. The second kappa shape index (κ2) is 4.84. The number of carboxylic acid groups (broad SMARTS) is 1. The number of halogens is 1. The van der Waals surface area contributed by atoms with E-state index in [2.05, 4.69) is 20.9 Å². The molecule has 0 saturated heterocycles. The van der Waals surface area contributed by atoms with Crippen molar-refractivity contribution in [2.24, 2.45) is 0 Å². The molecule has 3 rings (SSSR count). The van der Waals surface area contributed by atoms with Gasteiger partial charge in [-0.05, 0) is 30.0 Å². The molecule has 2 N–H and O–H groups in total. The van der Waals surface area contributed by atoms with Gasteiger partial charge in [-0.25, -0.2) is 0 Å². The molecule has 0 radical (unpaired) electrons. The van der Waals surface area contributed by atoms with E-state index in [1.165, 1.54) is 4.57 Å². The molecule has 2 atom stereocenters. The van der Waals surface area contributed by atoms with Gasteiger partial charge in [-0.1, -0.05) is 22.9 Å². The molecule has 6 nitrogen and oxygen atoms in total. The molecule has 0 aliphatic carbocycles. The highest BCUT2D eigenvalue weighted by Gasteiger charge is 2.30. The first-order valence-corrected chi connectivity index (χ1v) is 7.37. The molecule has 0 fully saturated rings. The molecule has 0 spiro atoms. The van der Waals surface area contributed by atoms with Crippen molar-refractivity contribution in [3.8, 4) is 0 Å². The van der Waals surface area contributed by atoms with Gasteiger partial charge in [-0.15, -0.1) is 0 Å². The summed E-state index contributed by atoms with van der Waals surface area (Å²) in [4.78, 5) is 37.6. The minimum atomic E-state index is -0.979. The molecule has 0 bridgehead atoms. The first kappa shape index (κ1) is 14.1. The van der Waals surface area contributed by atoms with Crippen LogP contribution in [0.15, 0.2) is 26.2 Å². The number of nitrogens with one attached hydrogen (secondary N) is 1. The Morgan fingerprint density at radius 3 is 2.86 bits per heavy atom. The van der Waals surface area contributed by atoms with Gasteiger partial charge in [0, 0.05) is 10.5 Å². The summed E-state index contributed by atoms with van der Waals surface area (Å²) in [6.45, 7) is 2.00. The van der Waals surface area contributed by atoms with E-state index in [0.717, 1.165) is 10.0 Å². The molecule has 1 aliphatic rings. The van der Waals surface area contributed by atoms with E-state index in [9.17, 15) is 14.4 Å². The summed E-state index contributed by atoms with van der Waals surface area (Å²) in [5.74, 6) is -0.868. The highest BCUT2D eigenvalue weighted by atomic mass is 79.9. The smallest absolute Gasteiger partial charge is 0.317 e. The molecular formula is C14H13BrN2O4. The van der Waals surface area contributed by atoms with E-state index in [1.807, 2.05) is 13.0 Å². The number of hydrogen-bond acceptors (Lipinski definition) is 3. The summed E-state index contributed by atoms with van der Waals surface area (Å²) in [6, 6.07) is 3.15. The molecule has 7 heteroatoms.